The second-order valence-electron chi connectivity index (χ2n) is 6.30. The maximum atomic E-state index is 12.6. The Morgan fingerprint density at radius 1 is 1.15 bits per heavy atom. The summed E-state index contributed by atoms with van der Waals surface area (Å²) in [6.07, 6.45) is 11.3. The van der Waals surface area contributed by atoms with Crippen LogP contribution in [-0.4, -0.2) is 49.0 Å². The van der Waals surface area contributed by atoms with Crippen LogP contribution in [0.1, 0.15) is 40.2 Å². The maximum absolute atomic E-state index is 12.6. The van der Waals surface area contributed by atoms with Crippen molar-refractivity contribution in [3.63, 3.8) is 0 Å². The molecule has 0 radical (unpaired) electrons. The second-order valence-corrected chi connectivity index (χ2v) is 6.30. The number of aromatic nitrogens is 4. The highest BCUT2D eigenvalue weighted by molar-refractivity contribution is 6.02. The molecule has 0 aliphatic carbocycles. The molecule has 2 amide bonds. The highest BCUT2D eigenvalue weighted by Crippen LogP contribution is 2.21. The summed E-state index contributed by atoms with van der Waals surface area (Å²) >= 11 is 0. The monoisotopic (exact) mass is 370 g/mol. The summed E-state index contributed by atoms with van der Waals surface area (Å²) in [4.78, 5) is 34.2. The summed E-state index contributed by atoms with van der Waals surface area (Å²) in [5, 5.41) is 7.00. The minimum Gasteiger partial charge on any atom is -0.451 e. The number of carbonyl (C=O) groups excluding carboxylic acids is 2. The molecular weight excluding hydrogens is 352 g/mol. The van der Waals surface area contributed by atoms with Gasteiger partial charge in [0.15, 0.2) is 24.2 Å². The predicted octanol–water partition coefficient (Wildman–Crippen LogP) is 1.81. The highest BCUT2D eigenvalue weighted by atomic mass is 16.3. The number of hydrogen-bond donors (Lipinski definition) is 1. The molecule has 0 saturated carbocycles. The van der Waals surface area contributed by atoms with E-state index in [1.807, 2.05) is 4.90 Å². The molecule has 10 heteroatoms. The molecule has 1 aliphatic rings. The molecule has 0 spiro atoms. The van der Waals surface area contributed by atoms with Crippen molar-refractivity contribution in [2.75, 3.05) is 11.9 Å². The third-order valence-corrected chi connectivity index (χ3v) is 4.49. The van der Waals surface area contributed by atoms with Gasteiger partial charge in [0.05, 0.1) is 24.5 Å². The van der Waals surface area contributed by atoms with Gasteiger partial charge in [0.25, 0.3) is 11.8 Å². The molecule has 1 saturated heterocycles. The third-order valence-electron chi connectivity index (χ3n) is 4.49. The summed E-state index contributed by atoms with van der Waals surface area (Å²) < 4.78 is 11.4. The van der Waals surface area contributed by atoms with E-state index in [0.29, 0.717) is 24.5 Å². The molecule has 10 nitrogen and oxygen atoms in total. The Balaban J connectivity index is 1.42. The second kappa shape index (κ2) is 7.44. The van der Waals surface area contributed by atoms with E-state index in [0.717, 1.165) is 19.3 Å². The molecule has 1 unspecified atom stereocenters. The molecule has 0 bridgehead atoms. The van der Waals surface area contributed by atoms with Crippen LogP contribution in [0.3, 0.4) is 0 Å². The van der Waals surface area contributed by atoms with Crippen LogP contribution in [0.2, 0.25) is 0 Å². The lowest BCUT2D eigenvalue weighted by molar-refractivity contribution is 0.0577. The van der Waals surface area contributed by atoms with Crippen molar-refractivity contribution in [3.8, 4) is 0 Å². The molecule has 1 aliphatic heterocycles. The Labute approximate surface area is 154 Å². The molecule has 140 valence electrons. The molecule has 4 heterocycles. The number of nitrogens with one attached hydrogen (secondary N) is 1. The van der Waals surface area contributed by atoms with Gasteiger partial charge in [-0.05, 0) is 19.3 Å². The lowest BCUT2D eigenvalue weighted by atomic mass is 10.0. The van der Waals surface area contributed by atoms with Crippen molar-refractivity contribution in [1.82, 2.24) is 24.6 Å². The van der Waals surface area contributed by atoms with Crippen molar-refractivity contribution in [2.24, 2.45) is 0 Å². The first kappa shape index (κ1) is 17.0. The number of amides is 2. The van der Waals surface area contributed by atoms with E-state index in [9.17, 15) is 9.59 Å². The lowest BCUT2D eigenvalue weighted by Crippen LogP contribution is -2.46. The fraction of sp³-hybridized carbons (Fsp3) is 0.353. The molecule has 0 aromatic carbocycles. The average molecular weight is 370 g/mol. The highest BCUT2D eigenvalue weighted by Gasteiger charge is 2.29. The van der Waals surface area contributed by atoms with E-state index in [1.54, 1.807) is 17.1 Å². The topological polar surface area (TPSA) is 119 Å². The van der Waals surface area contributed by atoms with E-state index in [-0.39, 0.29) is 23.6 Å². The van der Waals surface area contributed by atoms with E-state index >= 15 is 0 Å². The first-order valence-corrected chi connectivity index (χ1v) is 8.62. The zero-order chi connectivity index (χ0) is 18.6. The Hall–Kier alpha value is -3.43. The summed E-state index contributed by atoms with van der Waals surface area (Å²) in [5.41, 5.74) is 1.05. The van der Waals surface area contributed by atoms with Gasteiger partial charge in [-0.1, -0.05) is 0 Å². The van der Waals surface area contributed by atoms with Crippen molar-refractivity contribution in [1.29, 1.82) is 0 Å². The quantitative estimate of drug-likeness (QED) is 0.727. The Bertz CT molecular complexity index is 902. The minimum atomic E-state index is -0.371. The Kier molecular flexibility index (Phi) is 4.69. The van der Waals surface area contributed by atoms with Crippen LogP contribution in [0, 0.1) is 0 Å². The minimum absolute atomic E-state index is 0.00180. The van der Waals surface area contributed by atoms with Crippen LogP contribution in [0.15, 0.2) is 46.5 Å². The van der Waals surface area contributed by atoms with Gasteiger partial charge in [0.1, 0.15) is 12.5 Å². The number of carbonyl (C=O) groups is 2. The third kappa shape index (κ3) is 3.73. The molecule has 1 fully saturated rings. The fourth-order valence-corrected chi connectivity index (χ4v) is 3.19. The summed E-state index contributed by atoms with van der Waals surface area (Å²) in [7, 11) is 0. The van der Waals surface area contributed by atoms with Gasteiger partial charge < -0.3 is 19.1 Å². The number of piperidine rings is 1. The Morgan fingerprint density at radius 3 is 2.67 bits per heavy atom. The molecule has 1 N–H and O–H groups in total. The number of likely N-dealkylation sites (tertiary alicyclic amines) is 1. The fourth-order valence-electron chi connectivity index (χ4n) is 3.19. The molecule has 3 aromatic heterocycles. The van der Waals surface area contributed by atoms with Gasteiger partial charge >= 0.3 is 0 Å². The first-order chi connectivity index (χ1) is 13.2. The van der Waals surface area contributed by atoms with Gasteiger partial charge in [0, 0.05) is 12.7 Å². The zero-order valence-electron chi connectivity index (χ0n) is 14.4. The predicted molar refractivity (Wildman–Crippen MR) is 91.9 cm³/mol. The largest absolute Gasteiger partial charge is 0.451 e. The van der Waals surface area contributed by atoms with Crippen LogP contribution >= 0.6 is 0 Å². The van der Waals surface area contributed by atoms with Crippen LogP contribution < -0.4 is 5.32 Å². The van der Waals surface area contributed by atoms with Crippen molar-refractivity contribution in [3.05, 3.63) is 49.1 Å². The van der Waals surface area contributed by atoms with Crippen LogP contribution in [-0.2, 0) is 6.54 Å². The van der Waals surface area contributed by atoms with Crippen LogP contribution in [0.25, 0.3) is 0 Å². The molecule has 4 rings (SSSR count). The van der Waals surface area contributed by atoms with Crippen LogP contribution in [0.5, 0.6) is 0 Å². The lowest BCUT2D eigenvalue weighted by Gasteiger charge is -2.35. The van der Waals surface area contributed by atoms with E-state index in [4.69, 9.17) is 8.83 Å². The van der Waals surface area contributed by atoms with Gasteiger partial charge in [-0.15, -0.1) is 0 Å². The van der Waals surface area contributed by atoms with Gasteiger partial charge in [-0.2, -0.15) is 5.10 Å². The molecular formula is C17H18N6O4. The van der Waals surface area contributed by atoms with Gasteiger partial charge in [0.2, 0.25) is 0 Å². The summed E-state index contributed by atoms with van der Waals surface area (Å²) in [5.74, 6) is -0.510. The van der Waals surface area contributed by atoms with Crippen molar-refractivity contribution >= 4 is 17.5 Å². The Morgan fingerprint density at radius 2 is 1.93 bits per heavy atom. The van der Waals surface area contributed by atoms with Gasteiger partial charge in [-0.3, -0.25) is 14.3 Å². The smallest absolute Gasteiger partial charge is 0.277 e. The number of hydrogen-bond acceptors (Lipinski definition) is 7. The average Bonchev–Trinajstić information content (AvgIpc) is 3.44. The van der Waals surface area contributed by atoms with E-state index < -0.39 is 0 Å². The number of rotatable bonds is 5. The SMILES string of the molecule is O=C(Nc1cnn(CC2CCCCN2C(=O)c2cocn2)c1)c1cocn1. The number of oxazole rings is 2. The summed E-state index contributed by atoms with van der Waals surface area (Å²) in [6, 6.07) is 0.00180. The first-order valence-electron chi connectivity index (χ1n) is 8.62. The van der Waals surface area contributed by atoms with E-state index in [2.05, 4.69) is 20.4 Å². The van der Waals surface area contributed by atoms with Crippen molar-refractivity contribution in [2.45, 2.75) is 31.8 Å². The molecule has 27 heavy (non-hydrogen) atoms. The molecule has 1 atom stereocenters. The normalized spacial score (nSPS) is 17.0. The van der Waals surface area contributed by atoms with E-state index in [1.165, 1.54) is 25.3 Å². The molecule has 3 aromatic rings. The van der Waals surface area contributed by atoms with Gasteiger partial charge in [-0.25, -0.2) is 9.97 Å². The van der Waals surface area contributed by atoms with Crippen LogP contribution in [0.4, 0.5) is 5.69 Å². The van der Waals surface area contributed by atoms with Crippen molar-refractivity contribution < 1.29 is 18.4 Å². The number of nitrogens with zero attached hydrogens (tertiary/aromatic N) is 5. The maximum Gasteiger partial charge on any atom is 0.277 e. The summed E-state index contributed by atoms with van der Waals surface area (Å²) in [6.45, 7) is 1.21. The zero-order valence-corrected chi connectivity index (χ0v) is 14.4. The number of anilines is 1. The standard InChI is InChI=1S/C17H18N6O4/c24-16(14-8-26-10-18-14)21-12-5-20-22(6-12)7-13-3-1-2-4-23(13)17(25)15-9-27-11-19-15/h5-6,8-11,13H,1-4,7H2,(H,21,24).